The second-order valence-electron chi connectivity index (χ2n) is 4.32. The summed E-state index contributed by atoms with van der Waals surface area (Å²) in [6.07, 6.45) is 0.436. The lowest BCUT2D eigenvalue weighted by Crippen LogP contribution is -2.27. The standard InChI is InChI=1S/C15H17NO2S/c1-11(12-5-3-6-13(9-12)18-2)16-15(17)10-14-7-4-8-19-14/h3-9,11H,10H2,1-2H3,(H,16,17). The summed E-state index contributed by atoms with van der Waals surface area (Å²) in [6.45, 7) is 1.97. The smallest absolute Gasteiger partial charge is 0.225 e. The minimum absolute atomic E-state index is 0.0254. The molecule has 0 spiro atoms. The van der Waals surface area contributed by atoms with E-state index in [1.54, 1.807) is 18.4 Å². The van der Waals surface area contributed by atoms with E-state index in [0.717, 1.165) is 16.2 Å². The van der Waals surface area contributed by atoms with Crippen molar-refractivity contribution < 1.29 is 9.53 Å². The maximum atomic E-state index is 11.9. The Kier molecular flexibility index (Phi) is 4.58. The molecule has 1 aromatic heterocycles. The average molecular weight is 275 g/mol. The van der Waals surface area contributed by atoms with Gasteiger partial charge in [0.2, 0.25) is 5.91 Å². The van der Waals surface area contributed by atoms with Crippen molar-refractivity contribution in [2.24, 2.45) is 0 Å². The van der Waals surface area contributed by atoms with Crippen molar-refractivity contribution >= 4 is 17.2 Å². The van der Waals surface area contributed by atoms with Gasteiger partial charge in [-0.15, -0.1) is 11.3 Å². The summed E-state index contributed by atoms with van der Waals surface area (Å²) < 4.78 is 5.18. The lowest BCUT2D eigenvalue weighted by Gasteiger charge is -2.15. The number of hydrogen-bond donors (Lipinski definition) is 1. The van der Waals surface area contributed by atoms with Crippen molar-refractivity contribution in [3.63, 3.8) is 0 Å². The minimum Gasteiger partial charge on any atom is -0.497 e. The molecule has 0 aliphatic carbocycles. The minimum atomic E-state index is -0.0254. The highest BCUT2D eigenvalue weighted by atomic mass is 32.1. The van der Waals surface area contributed by atoms with Gasteiger partial charge < -0.3 is 10.1 Å². The van der Waals surface area contributed by atoms with E-state index in [0.29, 0.717) is 6.42 Å². The molecule has 0 radical (unpaired) electrons. The topological polar surface area (TPSA) is 38.3 Å². The van der Waals surface area contributed by atoms with Gasteiger partial charge in [-0.25, -0.2) is 0 Å². The molecule has 0 aliphatic heterocycles. The van der Waals surface area contributed by atoms with Gasteiger partial charge in [-0.2, -0.15) is 0 Å². The van der Waals surface area contributed by atoms with Crippen LogP contribution in [0.15, 0.2) is 41.8 Å². The number of thiophene rings is 1. The SMILES string of the molecule is COc1cccc(C(C)NC(=O)Cc2cccs2)c1. The molecule has 0 bridgehead atoms. The summed E-state index contributed by atoms with van der Waals surface area (Å²) in [5.41, 5.74) is 1.04. The number of carbonyl (C=O) groups excluding carboxylic acids is 1. The molecular formula is C15H17NO2S. The van der Waals surface area contributed by atoms with Gasteiger partial charge >= 0.3 is 0 Å². The zero-order chi connectivity index (χ0) is 13.7. The molecule has 0 aliphatic rings. The molecule has 1 atom stereocenters. The number of nitrogens with one attached hydrogen (secondary N) is 1. The van der Waals surface area contributed by atoms with Gasteiger partial charge in [0.25, 0.3) is 0 Å². The Morgan fingerprint density at radius 3 is 2.89 bits per heavy atom. The molecule has 3 nitrogen and oxygen atoms in total. The van der Waals surface area contributed by atoms with Crippen LogP contribution in [0.25, 0.3) is 0 Å². The highest BCUT2D eigenvalue weighted by molar-refractivity contribution is 7.10. The molecule has 1 N–H and O–H groups in total. The monoisotopic (exact) mass is 275 g/mol. The molecule has 1 heterocycles. The molecular weight excluding hydrogens is 258 g/mol. The molecule has 2 aromatic rings. The molecule has 19 heavy (non-hydrogen) atoms. The first-order valence-corrected chi connectivity index (χ1v) is 7.02. The van der Waals surface area contributed by atoms with Crippen LogP contribution in [0, 0.1) is 0 Å². The zero-order valence-electron chi connectivity index (χ0n) is 11.1. The van der Waals surface area contributed by atoms with Crippen molar-refractivity contribution in [1.82, 2.24) is 5.32 Å². The molecule has 4 heteroatoms. The number of amides is 1. The quantitative estimate of drug-likeness (QED) is 0.910. The summed E-state index contributed by atoms with van der Waals surface area (Å²) in [4.78, 5) is 13.0. The fourth-order valence-electron chi connectivity index (χ4n) is 1.86. The summed E-state index contributed by atoms with van der Waals surface area (Å²) in [5, 5.41) is 4.98. The lowest BCUT2D eigenvalue weighted by molar-refractivity contribution is -0.121. The second kappa shape index (κ2) is 6.38. The van der Waals surface area contributed by atoms with Crippen LogP contribution in [0.4, 0.5) is 0 Å². The normalized spacial score (nSPS) is 11.9. The number of carbonyl (C=O) groups is 1. The number of hydrogen-bond acceptors (Lipinski definition) is 3. The first-order valence-electron chi connectivity index (χ1n) is 6.14. The fourth-order valence-corrected chi connectivity index (χ4v) is 2.56. The Morgan fingerprint density at radius 2 is 2.21 bits per heavy atom. The largest absolute Gasteiger partial charge is 0.497 e. The third-order valence-electron chi connectivity index (χ3n) is 2.89. The Morgan fingerprint density at radius 1 is 1.37 bits per heavy atom. The van der Waals surface area contributed by atoms with Crippen LogP contribution in [-0.2, 0) is 11.2 Å². The van der Waals surface area contributed by atoms with Crippen LogP contribution in [-0.4, -0.2) is 13.0 Å². The van der Waals surface area contributed by atoms with E-state index in [1.807, 2.05) is 48.7 Å². The van der Waals surface area contributed by atoms with E-state index >= 15 is 0 Å². The Hall–Kier alpha value is -1.81. The van der Waals surface area contributed by atoms with Crippen LogP contribution < -0.4 is 10.1 Å². The van der Waals surface area contributed by atoms with Crippen LogP contribution in [0.2, 0.25) is 0 Å². The van der Waals surface area contributed by atoms with Crippen LogP contribution in [0.1, 0.15) is 23.4 Å². The van der Waals surface area contributed by atoms with E-state index < -0.39 is 0 Å². The second-order valence-corrected chi connectivity index (χ2v) is 5.35. The Bertz CT molecular complexity index is 537. The third-order valence-corrected chi connectivity index (χ3v) is 3.76. The van der Waals surface area contributed by atoms with E-state index in [2.05, 4.69) is 5.32 Å². The van der Waals surface area contributed by atoms with Gasteiger partial charge in [0.1, 0.15) is 5.75 Å². The summed E-state index contributed by atoms with van der Waals surface area (Å²) in [7, 11) is 1.64. The van der Waals surface area contributed by atoms with E-state index in [9.17, 15) is 4.79 Å². The van der Waals surface area contributed by atoms with Crippen LogP contribution in [0.5, 0.6) is 5.75 Å². The predicted octanol–water partition coefficient (Wildman–Crippen LogP) is 3.18. The van der Waals surface area contributed by atoms with Gasteiger partial charge in [0.15, 0.2) is 0 Å². The number of ether oxygens (including phenoxy) is 1. The molecule has 100 valence electrons. The first-order chi connectivity index (χ1) is 9.19. The first kappa shape index (κ1) is 13.6. The van der Waals surface area contributed by atoms with Crippen molar-refractivity contribution in [3.05, 3.63) is 52.2 Å². The number of benzene rings is 1. The molecule has 0 saturated carbocycles. The maximum Gasteiger partial charge on any atom is 0.225 e. The highest BCUT2D eigenvalue weighted by Crippen LogP contribution is 2.19. The molecule has 1 unspecified atom stereocenters. The van der Waals surface area contributed by atoms with E-state index in [4.69, 9.17) is 4.74 Å². The van der Waals surface area contributed by atoms with Gasteiger partial charge in [0, 0.05) is 4.88 Å². The number of rotatable bonds is 5. The number of methoxy groups -OCH3 is 1. The van der Waals surface area contributed by atoms with Gasteiger partial charge in [0.05, 0.1) is 19.6 Å². The Labute approximate surface area is 117 Å². The van der Waals surface area contributed by atoms with Crippen LogP contribution >= 0.6 is 11.3 Å². The highest BCUT2D eigenvalue weighted by Gasteiger charge is 2.11. The zero-order valence-corrected chi connectivity index (χ0v) is 11.9. The molecule has 2 rings (SSSR count). The van der Waals surface area contributed by atoms with Crippen molar-refractivity contribution in [3.8, 4) is 5.75 Å². The van der Waals surface area contributed by atoms with Crippen molar-refractivity contribution in [1.29, 1.82) is 0 Å². The third kappa shape index (κ3) is 3.83. The van der Waals surface area contributed by atoms with Gasteiger partial charge in [-0.05, 0) is 36.1 Å². The molecule has 0 fully saturated rings. The fraction of sp³-hybridized carbons (Fsp3) is 0.267. The van der Waals surface area contributed by atoms with Crippen LogP contribution in [0.3, 0.4) is 0 Å². The summed E-state index contributed by atoms with van der Waals surface area (Å²) in [6, 6.07) is 11.6. The lowest BCUT2D eigenvalue weighted by atomic mass is 10.1. The molecule has 0 saturated heterocycles. The Balaban J connectivity index is 1.96. The molecule has 1 aromatic carbocycles. The average Bonchev–Trinajstić information content (AvgIpc) is 2.91. The summed E-state index contributed by atoms with van der Waals surface area (Å²) >= 11 is 1.60. The van der Waals surface area contributed by atoms with Gasteiger partial charge in [-0.3, -0.25) is 4.79 Å². The van der Waals surface area contributed by atoms with E-state index in [1.165, 1.54) is 0 Å². The molecule has 1 amide bonds. The maximum absolute atomic E-state index is 11.9. The van der Waals surface area contributed by atoms with Crippen molar-refractivity contribution in [2.75, 3.05) is 7.11 Å². The predicted molar refractivity (Wildman–Crippen MR) is 77.6 cm³/mol. The van der Waals surface area contributed by atoms with Crippen molar-refractivity contribution in [2.45, 2.75) is 19.4 Å². The van der Waals surface area contributed by atoms with E-state index in [-0.39, 0.29) is 11.9 Å². The van der Waals surface area contributed by atoms with Gasteiger partial charge in [-0.1, -0.05) is 18.2 Å². The summed E-state index contributed by atoms with van der Waals surface area (Å²) in [5.74, 6) is 0.842.